The summed E-state index contributed by atoms with van der Waals surface area (Å²) in [5.74, 6) is 0.224. The Bertz CT molecular complexity index is 754. The third-order valence-corrected chi connectivity index (χ3v) is 4.81. The summed E-state index contributed by atoms with van der Waals surface area (Å²) >= 11 is 0. The van der Waals surface area contributed by atoms with Crippen LogP contribution in [0.3, 0.4) is 0 Å². The molecular formula is C16H20N2O4S. The lowest BCUT2D eigenvalue weighted by Crippen LogP contribution is -2.32. The summed E-state index contributed by atoms with van der Waals surface area (Å²) in [5.41, 5.74) is 0.311. The van der Waals surface area contributed by atoms with Crippen molar-refractivity contribution in [3.8, 4) is 0 Å². The molecule has 0 saturated carbocycles. The fraction of sp³-hybridized carbons (Fsp3) is 0.312. The predicted octanol–water partition coefficient (Wildman–Crippen LogP) is 2.29. The quantitative estimate of drug-likeness (QED) is 0.812. The molecule has 1 heterocycles. The molecule has 0 aliphatic rings. The van der Waals surface area contributed by atoms with Crippen LogP contribution in [-0.2, 0) is 16.6 Å². The van der Waals surface area contributed by atoms with E-state index in [4.69, 9.17) is 4.42 Å². The van der Waals surface area contributed by atoms with Crippen LogP contribution in [0.5, 0.6) is 0 Å². The van der Waals surface area contributed by atoms with E-state index in [1.54, 1.807) is 24.3 Å². The Labute approximate surface area is 135 Å². The van der Waals surface area contributed by atoms with Gasteiger partial charge in [0.2, 0.25) is 10.0 Å². The molecule has 1 atom stereocenters. The molecule has 0 bridgehead atoms. The van der Waals surface area contributed by atoms with Crippen molar-refractivity contribution in [3.05, 3.63) is 54.0 Å². The first-order valence-corrected chi connectivity index (χ1v) is 8.83. The molecule has 0 radical (unpaired) electrons. The van der Waals surface area contributed by atoms with E-state index >= 15 is 0 Å². The van der Waals surface area contributed by atoms with E-state index in [9.17, 15) is 13.2 Å². The van der Waals surface area contributed by atoms with Gasteiger partial charge in [-0.2, -0.15) is 0 Å². The number of nitrogens with one attached hydrogen (secondary N) is 2. The number of furan rings is 1. The van der Waals surface area contributed by atoms with Crippen molar-refractivity contribution in [2.24, 2.45) is 0 Å². The second-order valence-corrected chi connectivity index (χ2v) is 6.98. The summed E-state index contributed by atoms with van der Waals surface area (Å²) in [6.45, 7) is 3.91. The summed E-state index contributed by atoms with van der Waals surface area (Å²) in [6.07, 6.45) is 2.28. The lowest BCUT2D eigenvalue weighted by molar-refractivity contribution is 0.0939. The van der Waals surface area contributed by atoms with Crippen molar-refractivity contribution < 1.29 is 17.6 Å². The summed E-state index contributed by atoms with van der Waals surface area (Å²) in [4.78, 5) is 12.1. The Morgan fingerprint density at radius 2 is 2.04 bits per heavy atom. The topological polar surface area (TPSA) is 88.4 Å². The van der Waals surface area contributed by atoms with Gasteiger partial charge in [0, 0.05) is 11.6 Å². The molecule has 0 fully saturated rings. The molecule has 1 aromatic heterocycles. The SMILES string of the molecule is CCC(C)NC(=O)c1cccc(S(=O)(=O)NCc2ccco2)c1. The van der Waals surface area contributed by atoms with Crippen LogP contribution in [-0.4, -0.2) is 20.4 Å². The molecule has 0 saturated heterocycles. The molecular weight excluding hydrogens is 316 g/mol. The van der Waals surface area contributed by atoms with Gasteiger partial charge in [-0.3, -0.25) is 4.79 Å². The zero-order valence-corrected chi connectivity index (χ0v) is 13.9. The normalized spacial score (nSPS) is 12.8. The maximum Gasteiger partial charge on any atom is 0.251 e. The van der Waals surface area contributed by atoms with Crippen LogP contribution in [0.2, 0.25) is 0 Å². The largest absolute Gasteiger partial charge is 0.468 e. The van der Waals surface area contributed by atoms with Gasteiger partial charge in [0.15, 0.2) is 0 Å². The summed E-state index contributed by atoms with van der Waals surface area (Å²) < 4.78 is 32.1. The number of hydrogen-bond acceptors (Lipinski definition) is 4. The molecule has 7 heteroatoms. The number of rotatable bonds is 7. The van der Waals surface area contributed by atoms with E-state index in [1.807, 2.05) is 13.8 Å². The summed E-state index contributed by atoms with van der Waals surface area (Å²) in [5, 5.41) is 2.81. The molecule has 1 amide bonds. The van der Waals surface area contributed by atoms with E-state index < -0.39 is 10.0 Å². The van der Waals surface area contributed by atoms with Crippen molar-refractivity contribution in [2.75, 3.05) is 0 Å². The lowest BCUT2D eigenvalue weighted by atomic mass is 10.2. The molecule has 124 valence electrons. The average Bonchev–Trinajstić information content (AvgIpc) is 3.06. The Balaban J connectivity index is 2.13. The van der Waals surface area contributed by atoms with Gasteiger partial charge in [0.25, 0.3) is 5.91 Å². The van der Waals surface area contributed by atoms with Gasteiger partial charge in [0.05, 0.1) is 17.7 Å². The number of amides is 1. The lowest BCUT2D eigenvalue weighted by Gasteiger charge is -2.12. The Kier molecular flexibility index (Phi) is 5.57. The van der Waals surface area contributed by atoms with Crippen LogP contribution in [0.1, 0.15) is 36.4 Å². The minimum absolute atomic E-state index is 0.0276. The highest BCUT2D eigenvalue weighted by Gasteiger charge is 2.17. The molecule has 0 aliphatic carbocycles. The molecule has 2 N–H and O–H groups in total. The first kappa shape index (κ1) is 17.2. The van der Waals surface area contributed by atoms with E-state index in [-0.39, 0.29) is 23.4 Å². The minimum Gasteiger partial charge on any atom is -0.468 e. The van der Waals surface area contributed by atoms with Crippen LogP contribution >= 0.6 is 0 Å². The number of carbonyl (C=O) groups excluding carboxylic acids is 1. The van der Waals surface area contributed by atoms with Crippen molar-refractivity contribution in [1.82, 2.24) is 10.0 Å². The molecule has 23 heavy (non-hydrogen) atoms. The highest BCUT2D eigenvalue weighted by molar-refractivity contribution is 7.89. The highest BCUT2D eigenvalue weighted by atomic mass is 32.2. The predicted molar refractivity (Wildman–Crippen MR) is 86.4 cm³/mol. The molecule has 1 unspecified atom stereocenters. The minimum atomic E-state index is -3.72. The Hall–Kier alpha value is -2.12. The fourth-order valence-corrected chi connectivity index (χ4v) is 2.92. The molecule has 0 aliphatic heterocycles. The molecule has 6 nitrogen and oxygen atoms in total. The standard InChI is InChI=1S/C16H20N2O4S/c1-3-12(2)18-16(19)13-6-4-8-15(10-13)23(20,21)17-11-14-7-5-9-22-14/h4-10,12,17H,3,11H2,1-2H3,(H,18,19). The van der Waals surface area contributed by atoms with Crippen LogP contribution < -0.4 is 10.0 Å². The van der Waals surface area contributed by atoms with Gasteiger partial charge >= 0.3 is 0 Å². The van der Waals surface area contributed by atoms with Crippen LogP contribution in [0.15, 0.2) is 52.0 Å². The van der Waals surface area contributed by atoms with Crippen molar-refractivity contribution in [1.29, 1.82) is 0 Å². The van der Waals surface area contributed by atoms with E-state index in [1.165, 1.54) is 18.4 Å². The average molecular weight is 336 g/mol. The highest BCUT2D eigenvalue weighted by Crippen LogP contribution is 2.13. The first-order chi connectivity index (χ1) is 10.9. The van der Waals surface area contributed by atoms with Crippen molar-refractivity contribution in [3.63, 3.8) is 0 Å². The van der Waals surface area contributed by atoms with Gasteiger partial charge in [0.1, 0.15) is 5.76 Å². The van der Waals surface area contributed by atoms with Gasteiger partial charge < -0.3 is 9.73 Å². The molecule has 2 aromatic rings. The Morgan fingerprint density at radius 3 is 2.70 bits per heavy atom. The van der Waals surface area contributed by atoms with Gasteiger partial charge in [-0.25, -0.2) is 13.1 Å². The van der Waals surface area contributed by atoms with Crippen LogP contribution in [0, 0.1) is 0 Å². The van der Waals surface area contributed by atoms with E-state index in [0.717, 1.165) is 6.42 Å². The van der Waals surface area contributed by atoms with Gasteiger partial charge in [-0.1, -0.05) is 13.0 Å². The molecule has 0 spiro atoms. The maximum absolute atomic E-state index is 12.3. The van der Waals surface area contributed by atoms with Crippen LogP contribution in [0.4, 0.5) is 0 Å². The summed E-state index contributed by atoms with van der Waals surface area (Å²) in [7, 11) is -3.72. The van der Waals surface area contributed by atoms with E-state index in [2.05, 4.69) is 10.0 Å². The molecule has 1 aromatic carbocycles. The third kappa shape index (κ3) is 4.67. The molecule has 2 rings (SSSR count). The second-order valence-electron chi connectivity index (χ2n) is 5.21. The number of hydrogen-bond donors (Lipinski definition) is 2. The second kappa shape index (κ2) is 7.43. The number of benzene rings is 1. The smallest absolute Gasteiger partial charge is 0.251 e. The van der Waals surface area contributed by atoms with Gasteiger partial charge in [-0.15, -0.1) is 0 Å². The maximum atomic E-state index is 12.3. The zero-order chi connectivity index (χ0) is 16.9. The van der Waals surface area contributed by atoms with E-state index in [0.29, 0.717) is 11.3 Å². The fourth-order valence-electron chi connectivity index (χ4n) is 1.88. The van der Waals surface area contributed by atoms with Crippen molar-refractivity contribution >= 4 is 15.9 Å². The first-order valence-electron chi connectivity index (χ1n) is 7.35. The Morgan fingerprint density at radius 1 is 1.26 bits per heavy atom. The third-order valence-electron chi connectivity index (χ3n) is 3.41. The zero-order valence-electron chi connectivity index (χ0n) is 13.1. The number of carbonyl (C=O) groups is 1. The summed E-state index contributed by atoms with van der Waals surface area (Å²) in [6, 6.07) is 9.34. The number of sulfonamides is 1. The van der Waals surface area contributed by atoms with Gasteiger partial charge in [-0.05, 0) is 43.7 Å². The van der Waals surface area contributed by atoms with Crippen LogP contribution in [0.25, 0.3) is 0 Å². The van der Waals surface area contributed by atoms with Crippen molar-refractivity contribution in [2.45, 2.75) is 37.8 Å². The monoisotopic (exact) mass is 336 g/mol.